The van der Waals surface area contributed by atoms with Crippen LogP contribution in [0, 0.1) is 6.92 Å². The van der Waals surface area contributed by atoms with E-state index in [1.165, 1.54) is 0 Å². The van der Waals surface area contributed by atoms with E-state index < -0.39 is 5.97 Å². The van der Waals surface area contributed by atoms with Gasteiger partial charge in [0, 0.05) is 11.1 Å². The third-order valence-electron chi connectivity index (χ3n) is 2.68. The van der Waals surface area contributed by atoms with Gasteiger partial charge in [-0.3, -0.25) is 0 Å². The van der Waals surface area contributed by atoms with Gasteiger partial charge in [0.05, 0.1) is 0 Å². The van der Waals surface area contributed by atoms with Crippen molar-refractivity contribution in [1.82, 2.24) is 0 Å². The highest BCUT2D eigenvalue weighted by Crippen LogP contribution is 2.26. The number of hydrogen-bond acceptors (Lipinski definition) is 2. The summed E-state index contributed by atoms with van der Waals surface area (Å²) in [4.78, 5) is 10.5. The smallest absolute Gasteiger partial charge is 0.328 e. The van der Waals surface area contributed by atoms with Crippen LogP contribution in [0.3, 0.4) is 0 Å². The first-order valence-electron chi connectivity index (χ1n) is 6.00. The topological polar surface area (TPSA) is 46.5 Å². The van der Waals surface area contributed by atoms with Gasteiger partial charge in [-0.15, -0.1) is 0 Å². The summed E-state index contributed by atoms with van der Waals surface area (Å²) in [6, 6.07) is 12.6. The minimum absolute atomic E-state index is 0.611. The number of ether oxygens (including phenoxy) is 1. The van der Waals surface area contributed by atoms with E-state index >= 15 is 0 Å². The minimum atomic E-state index is -0.969. The summed E-state index contributed by atoms with van der Waals surface area (Å²) in [5.41, 5.74) is 1.77. The molecule has 102 valence electrons. The van der Waals surface area contributed by atoms with Crippen molar-refractivity contribution < 1.29 is 14.6 Å². The molecule has 0 amide bonds. The van der Waals surface area contributed by atoms with Crippen molar-refractivity contribution in [2.45, 2.75) is 6.92 Å². The maximum atomic E-state index is 10.5. The van der Waals surface area contributed by atoms with E-state index in [1.54, 1.807) is 24.3 Å². The van der Waals surface area contributed by atoms with Crippen LogP contribution in [0.15, 0.2) is 48.5 Å². The number of aryl methyl sites for hydroxylation is 1. The highest BCUT2D eigenvalue weighted by atomic mass is 35.5. The Morgan fingerprint density at radius 2 is 1.95 bits per heavy atom. The molecule has 0 saturated heterocycles. The maximum Gasteiger partial charge on any atom is 0.328 e. The third kappa shape index (κ3) is 3.87. The molecular weight excluding hydrogens is 276 g/mol. The zero-order chi connectivity index (χ0) is 14.5. The summed E-state index contributed by atoms with van der Waals surface area (Å²) >= 11 is 5.89. The van der Waals surface area contributed by atoms with Crippen LogP contribution in [-0.2, 0) is 4.79 Å². The van der Waals surface area contributed by atoms with Gasteiger partial charge in [0.25, 0.3) is 0 Å². The average Bonchev–Trinajstić information content (AvgIpc) is 2.37. The van der Waals surface area contributed by atoms with Gasteiger partial charge in [-0.25, -0.2) is 4.79 Å². The van der Waals surface area contributed by atoms with Crippen LogP contribution in [0.4, 0.5) is 0 Å². The Morgan fingerprint density at radius 1 is 1.20 bits per heavy atom. The van der Waals surface area contributed by atoms with E-state index in [4.69, 9.17) is 21.4 Å². The van der Waals surface area contributed by atoms with E-state index in [-0.39, 0.29) is 0 Å². The van der Waals surface area contributed by atoms with E-state index in [0.717, 1.165) is 17.2 Å². The first-order valence-corrected chi connectivity index (χ1v) is 6.37. The average molecular weight is 289 g/mol. The molecule has 20 heavy (non-hydrogen) atoms. The number of rotatable bonds is 4. The lowest BCUT2D eigenvalue weighted by molar-refractivity contribution is -0.131. The SMILES string of the molecule is Cc1cc(Oc2cccc(Cl)c2)ccc1C=CC(=O)O. The van der Waals surface area contributed by atoms with Gasteiger partial charge < -0.3 is 9.84 Å². The number of hydrogen-bond donors (Lipinski definition) is 1. The quantitative estimate of drug-likeness (QED) is 0.840. The molecule has 0 unspecified atom stereocenters. The van der Waals surface area contributed by atoms with Crippen LogP contribution < -0.4 is 4.74 Å². The van der Waals surface area contributed by atoms with Crippen LogP contribution in [0.25, 0.3) is 6.08 Å². The molecule has 0 radical (unpaired) electrons. The lowest BCUT2D eigenvalue weighted by Crippen LogP contribution is -1.89. The fourth-order valence-electron chi connectivity index (χ4n) is 1.73. The molecule has 2 rings (SSSR count). The zero-order valence-corrected chi connectivity index (χ0v) is 11.6. The Hall–Kier alpha value is -2.26. The summed E-state index contributed by atoms with van der Waals surface area (Å²) < 4.78 is 5.70. The predicted molar refractivity (Wildman–Crippen MR) is 79.4 cm³/mol. The molecule has 0 aliphatic rings. The Labute approximate surface area is 122 Å². The second-order valence-electron chi connectivity index (χ2n) is 4.25. The zero-order valence-electron chi connectivity index (χ0n) is 10.8. The van der Waals surface area contributed by atoms with Crippen molar-refractivity contribution in [3.05, 3.63) is 64.7 Å². The van der Waals surface area contributed by atoms with Gasteiger partial charge in [0.15, 0.2) is 0 Å². The van der Waals surface area contributed by atoms with Crippen molar-refractivity contribution in [1.29, 1.82) is 0 Å². The van der Waals surface area contributed by atoms with Gasteiger partial charge in [-0.1, -0.05) is 23.7 Å². The second kappa shape index (κ2) is 6.26. The first-order chi connectivity index (χ1) is 9.54. The molecule has 1 N–H and O–H groups in total. The number of carboxylic acid groups (broad SMARTS) is 1. The van der Waals surface area contributed by atoms with Crippen molar-refractivity contribution in [3.8, 4) is 11.5 Å². The van der Waals surface area contributed by atoms with E-state index in [2.05, 4.69) is 0 Å². The second-order valence-corrected chi connectivity index (χ2v) is 4.69. The van der Waals surface area contributed by atoms with Crippen LogP contribution >= 0.6 is 11.6 Å². The molecule has 2 aromatic carbocycles. The molecule has 3 nitrogen and oxygen atoms in total. The molecule has 0 saturated carbocycles. The van der Waals surface area contributed by atoms with Gasteiger partial charge in [0.1, 0.15) is 11.5 Å². The molecule has 0 aliphatic carbocycles. The molecule has 0 bridgehead atoms. The van der Waals surface area contributed by atoms with Gasteiger partial charge >= 0.3 is 5.97 Å². The largest absolute Gasteiger partial charge is 0.478 e. The molecular formula is C16H13ClO3. The van der Waals surface area contributed by atoms with Crippen molar-refractivity contribution >= 4 is 23.6 Å². The first kappa shape index (κ1) is 14.2. The third-order valence-corrected chi connectivity index (χ3v) is 2.91. The van der Waals surface area contributed by atoms with Crippen molar-refractivity contribution in [3.63, 3.8) is 0 Å². The summed E-state index contributed by atoms with van der Waals surface area (Å²) in [7, 11) is 0. The molecule has 4 heteroatoms. The predicted octanol–water partition coefficient (Wildman–Crippen LogP) is 4.54. The van der Waals surface area contributed by atoms with Gasteiger partial charge in [-0.2, -0.15) is 0 Å². The maximum absolute atomic E-state index is 10.5. The molecule has 0 spiro atoms. The Kier molecular flexibility index (Phi) is 4.43. The summed E-state index contributed by atoms with van der Waals surface area (Å²) in [5, 5.41) is 9.23. The monoisotopic (exact) mass is 288 g/mol. The molecule has 0 fully saturated rings. The van der Waals surface area contributed by atoms with Crippen molar-refractivity contribution in [2.75, 3.05) is 0 Å². The van der Waals surface area contributed by atoms with Gasteiger partial charge in [0.2, 0.25) is 0 Å². The molecule has 2 aromatic rings. The number of aliphatic carboxylic acids is 1. The molecule has 0 aliphatic heterocycles. The fraction of sp³-hybridized carbons (Fsp3) is 0.0625. The lowest BCUT2D eigenvalue weighted by atomic mass is 10.1. The lowest BCUT2D eigenvalue weighted by Gasteiger charge is -2.08. The number of carbonyl (C=O) groups is 1. The standard InChI is InChI=1S/C16H13ClO3/c1-11-9-15(7-5-12(11)6-8-16(18)19)20-14-4-2-3-13(17)10-14/h2-10H,1H3,(H,18,19). The Bertz CT molecular complexity index is 663. The molecule has 0 aromatic heterocycles. The summed E-state index contributed by atoms with van der Waals surface area (Å²) in [6.07, 6.45) is 2.67. The van der Waals surface area contributed by atoms with Crippen LogP contribution in [0.5, 0.6) is 11.5 Å². The number of benzene rings is 2. The van der Waals surface area contributed by atoms with Gasteiger partial charge in [-0.05, 0) is 54.5 Å². The summed E-state index contributed by atoms with van der Waals surface area (Å²) in [6.45, 7) is 1.90. The normalized spacial score (nSPS) is 10.7. The Balaban J connectivity index is 2.19. The summed E-state index contributed by atoms with van der Waals surface area (Å²) in [5.74, 6) is 0.367. The van der Waals surface area contributed by atoms with Crippen LogP contribution in [-0.4, -0.2) is 11.1 Å². The Morgan fingerprint density at radius 3 is 2.60 bits per heavy atom. The molecule has 0 atom stereocenters. The highest BCUT2D eigenvalue weighted by molar-refractivity contribution is 6.30. The van der Waals surface area contributed by atoms with E-state index in [0.29, 0.717) is 16.5 Å². The minimum Gasteiger partial charge on any atom is -0.478 e. The number of carboxylic acids is 1. The van der Waals surface area contributed by atoms with Crippen LogP contribution in [0.1, 0.15) is 11.1 Å². The van der Waals surface area contributed by atoms with Crippen LogP contribution in [0.2, 0.25) is 5.02 Å². The fourth-order valence-corrected chi connectivity index (χ4v) is 1.91. The van der Waals surface area contributed by atoms with E-state index in [1.807, 2.05) is 31.2 Å². The van der Waals surface area contributed by atoms with E-state index in [9.17, 15) is 4.79 Å². The molecule has 0 heterocycles. The highest BCUT2D eigenvalue weighted by Gasteiger charge is 2.01. The van der Waals surface area contributed by atoms with Crippen molar-refractivity contribution in [2.24, 2.45) is 0 Å². The number of halogens is 1.